The maximum atomic E-state index is 12.9. The Morgan fingerprint density at radius 2 is 2.35 bits per heavy atom. The molecule has 1 N–H and O–H groups in total. The standard InChI is InChI=1S/C13H10BrFN2O2S/c14-9-4-12(20-8-9)6-16-17-13(18)7-19-11-3-1-2-10(15)5-11/h1-6,8H,7H2,(H,17,18)/b16-6-. The van der Waals surface area contributed by atoms with E-state index in [2.05, 4.69) is 26.5 Å². The molecule has 2 aromatic rings. The predicted molar refractivity (Wildman–Crippen MR) is 79.7 cm³/mol. The Kier molecular flexibility index (Phi) is 5.25. The van der Waals surface area contributed by atoms with Gasteiger partial charge in [-0.15, -0.1) is 11.3 Å². The highest BCUT2D eigenvalue weighted by atomic mass is 79.9. The number of nitrogens with one attached hydrogen (secondary N) is 1. The van der Waals surface area contributed by atoms with Crippen LogP contribution in [0.3, 0.4) is 0 Å². The van der Waals surface area contributed by atoms with Crippen molar-refractivity contribution in [2.45, 2.75) is 0 Å². The summed E-state index contributed by atoms with van der Waals surface area (Å²) in [6.07, 6.45) is 1.54. The number of thiophene rings is 1. The fourth-order valence-electron chi connectivity index (χ4n) is 1.30. The third-order valence-electron chi connectivity index (χ3n) is 2.13. The maximum absolute atomic E-state index is 12.9. The third kappa shape index (κ3) is 4.75. The number of nitrogens with zero attached hydrogens (tertiary/aromatic N) is 1. The van der Waals surface area contributed by atoms with E-state index in [1.165, 1.54) is 35.8 Å². The van der Waals surface area contributed by atoms with Crippen LogP contribution in [0.1, 0.15) is 4.88 Å². The van der Waals surface area contributed by atoms with Gasteiger partial charge in [-0.3, -0.25) is 4.79 Å². The summed E-state index contributed by atoms with van der Waals surface area (Å²) in [5.41, 5.74) is 2.33. The number of carbonyl (C=O) groups is 1. The van der Waals surface area contributed by atoms with E-state index in [-0.39, 0.29) is 6.61 Å². The van der Waals surface area contributed by atoms with Gasteiger partial charge in [-0.1, -0.05) is 6.07 Å². The lowest BCUT2D eigenvalue weighted by molar-refractivity contribution is -0.123. The molecular formula is C13H10BrFN2O2S. The number of hydrazone groups is 1. The molecule has 0 aliphatic carbocycles. The van der Waals surface area contributed by atoms with Crippen molar-refractivity contribution >= 4 is 39.4 Å². The fraction of sp³-hybridized carbons (Fsp3) is 0.0769. The van der Waals surface area contributed by atoms with E-state index in [4.69, 9.17) is 4.74 Å². The molecule has 0 aliphatic rings. The Labute approximate surface area is 127 Å². The van der Waals surface area contributed by atoms with Crippen LogP contribution in [0.25, 0.3) is 0 Å². The Morgan fingerprint density at radius 3 is 3.05 bits per heavy atom. The van der Waals surface area contributed by atoms with Gasteiger partial charge in [0.25, 0.3) is 5.91 Å². The zero-order chi connectivity index (χ0) is 14.4. The van der Waals surface area contributed by atoms with Gasteiger partial charge < -0.3 is 4.74 Å². The van der Waals surface area contributed by atoms with Crippen molar-refractivity contribution in [3.05, 3.63) is 50.9 Å². The van der Waals surface area contributed by atoms with E-state index < -0.39 is 11.7 Å². The van der Waals surface area contributed by atoms with Crippen LogP contribution in [0, 0.1) is 5.82 Å². The molecule has 20 heavy (non-hydrogen) atoms. The number of halogens is 2. The average molecular weight is 357 g/mol. The molecule has 1 heterocycles. The van der Waals surface area contributed by atoms with E-state index in [0.29, 0.717) is 5.75 Å². The van der Waals surface area contributed by atoms with Gasteiger partial charge in [0.1, 0.15) is 11.6 Å². The lowest BCUT2D eigenvalue weighted by Gasteiger charge is -2.04. The Morgan fingerprint density at radius 1 is 1.50 bits per heavy atom. The van der Waals surface area contributed by atoms with Crippen LogP contribution in [0.2, 0.25) is 0 Å². The Bertz CT molecular complexity index is 630. The van der Waals surface area contributed by atoms with Gasteiger partial charge in [0.2, 0.25) is 0 Å². The van der Waals surface area contributed by atoms with Crippen LogP contribution >= 0.6 is 27.3 Å². The first-order valence-corrected chi connectivity index (χ1v) is 7.25. The molecule has 0 spiro atoms. The van der Waals surface area contributed by atoms with Gasteiger partial charge >= 0.3 is 0 Å². The van der Waals surface area contributed by atoms with Gasteiger partial charge in [-0.25, -0.2) is 9.82 Å². The molecule has 0 atom stereocenters. The fourth-order valence-corrected chi connectivity index (χ4v) is 2.61. The van der Waals surface area contributed by atoms with E-state index >= 15 is 0 Å². The molecular weight excluding hydrogens is 347 g/mol. The Hall–Kier alpha value is -1.73. The first kappa shape index (κ1) is 14.7. The minimum atomic E-state index is -0.416. The number of amides is 1. The maximum Gasteiger partial charge on any atom is 0.277 e. The Balaban J connectivity index is 1.77. The van der Waals surface area contributed by atoms with Crippen molar-refractivity contribution in [1.29, 1.82) is 0 Å². The summed E-state index contributed by atoms with van der Waals surface area (Å²) in [4.78, 5) is 12.4. The molecule has 1 aromatic carbocycles. The van der Waals surface area contributed by atoms with Crippen molar-refractivity contribution in [1.82, 2.24) is 5.43 Å². The third-order valence-corrected chi connectivity index (χ3v) is 3.76. The quantitative estimate of drug-likeness (QED) is 0.660. The van der Waals surface area contributed by atoms with Crippen molar-refractivity contribution in [3.8, 4) is 5.75 Å². The number of rotatable bonds is 5. The first-order chi connectivity index (χ1) is 9.63. The van der Waals surface area contributed by atoms with Crippen molar-refractivity contribution < 1.29 is 13.9 Å². The first-order valence-electron chi connectivity index (χ1n) is 5.58. The van der Waals surface area contributed by atoms with Crippen LogP contribution in [0.5, 0.6) is 5.75 Å². The second-order valence-corrected chi connectivity index (χ2v) is 5.57. The lowest BCUT2D eigenvalue weighted by atomic mass is 10.3. The largest absolute Gasteiger partial charge is 0.484 e. The van der Waals surface area contributed by atoms with Crippen LogP contribution in [-0.2, 0) is 4.79 Å². The zero-order valence-electron chi connectivity index (χ0n) is 10.2. The summed E-state index contributed by atoms with van der Waals surface area (Å²) in [5.74, 6) is -0.531. The van der Waals surface area contributed by atoms with Gasteiger partial charge in [-0.2, -0.15) is 5.10 Å². The molecule has 0 saturated carbocycles. The molecule has 0 saturated heterocycles. The highest BCUT2D eigenvalue weighted by molar-refractivity contribution is 9.10. The normalized spacial score (nSPS) is 10.7. The minimum absolute atomic E-state index is 0.227. The number of ether oxygens (including phenoxy) is 1. The van der Waals surface area contributed by atoms with Crippen molar-refractivity contribution in [3.63, 3.8) is 0 Å². The minimum Gasteiger partial charge on any atom is -0.484 e. The summed E-state index contributed by atoms with van der Waals surface area (Å²) in [5, 5.41) is 5.71. The smallest absolute Gasteiger partial charge is 0.277 e. The molecule has 1 aromatic heterocycles. The topological polar surface area (TPSA) is 50.7 Å². The van der Waals surface area contributed by atoms with Gasteiger partial charge in [0, 0.05) is 20.8 Å². The number of hydrogen-bond donors (Lipinski definition) is 1. The van der Waals surface area contributed by atoms with E-state index in [1.807, 2.05) is 11.4 Å². The highest BCUT2D eigenvalue weighted by Crippen LogP contribution is 2.17. The van der Waals surface area contributed by atoms with Crippen LogP contribution < -0.4 is 10.2 Å². The SMILES string of the molecule is O=C(COc1cccc(F)c1)N/N=C\c1cc(Br)cs1. The summed E-state index contributed by atoms with van der Waals surface area (Å²) in [7, 11) is 0. The molecule has 4 nitrogen and oxygen atoms in total. The van der Waals surface area contributed by atoms with E-state index in [1.54, 1.807) is 6.07 Å². The molecule has 0 bridgehead atoms. The molecule has 7 heteroatoms. The number of benzene rings is 1. The van der Waals surface area contributed by atoms with Gasteiger partial charge in [0.05, 0.1) is 6.21 Å². The second-order valence-electron chi connectivity index (χ2n) is 3.71. The predicted octanol–water partition coefficient (Wildman–Crippen LogP) is 3.18. The van der Waals surface area contributed by atoms with Crippen molar-refractivity contribution in [2.75, 3.05) is 6.61 Å². The van der Waals surface area contributed by atoms with Crippen LogP contribution in [0.15, 0.2) is 45.3 Å². The second kappa shape index (κ2) is 7.16. The monoisotopic (exact) mass is 356 g/mol. The van der Waals surface area contributed by atoms with Gasteiger partial charge in [-0.05, 0) is 34.1 Å². The number of carbonyl (C=O) groups excluding carboxylic acids is 1. The molecule has 0 fully saturated rings. The van der Waals surface area contributed by atoms with E-state index in [9.17, 15) is 9.18 Å². The molecule has 1 amide bonds. The molecule has 104 valence electrons. The van der Waals surface area contributed by atoms with E-state index in [0.717, 1.165) is 9.35 Å². The molecule has 0 aliphatic heterocycles. The van der Waals surface area contributed by atoms with Crippen molar-refractivity contribution in [2.24, 2.45) is 5.10 Å². The number of hydrogen-bond acceptors (Lipinski definition) is 4. The van der Waals surface area contributed by atoms with Crippen LogP contribution in [-0.4, -0.2) is 18.7 Å². The summed E-state index contributed by atoms with van der Waals surface area (Å²) >= 11 is 4.81. The summed E-state index contributed by atoms with van der Waals surface area (Å²) in [6, 6.07) is 7.47. The summed E-state index contributed by atoms with van der Waals surface area (Å²) in [6.45, 7) is -0.227. The highest BCUT2D eigenvalue weighted by Gasteiger charge is 2.02. The zero-order valence-corrected chi connectivity index (χ0v) is 12.6. The molecule has 0 unspecified atom stereocenters. The average Bonchev–Trinajstić information content (AvgIpc) is 2.82. The van der Waals surface area contributed by atoms with Gasteiger partial charge in [0.15, 0.2) is 6.61 Å². The lowest BCUT2D eigenvalue weighted by Crippen LogP contribution is -2.24. The summed E-state index contributed by atoms with van der Waals surface area (Å²) < 4.78 is 19.0. The van der Waals surface area contributed by atoms with Crippen LogP contribution in [0.4, 0.5) is 4.39 Å². The molecule has 2 rings (SSSR count). The molecule has 0 radical (unpaired) electrons.